The summed E-state index contributed by atoms with van der Waals surface area (Å²) in [6.07, 6.45) is 2.01. The number of anilines is 1. The zero-order valence-electron chi connectivity index (χ0n) is 12.3. The first-order chi connectivity index (χ1) is 9.61. The van der Waals surface area contributed by atoms with Crippen molar-refractivity contribution in [3.8, 4) is 5.88 Å². The standard InChI is InChI=1S/C14H23N3O3/c1-11(2)15-7-6-13(18)17-12-4-5-14(16-10-12)20-9-8-19-3/h4-5,10-11,15H,6-9H2,1-3H3,(H,17,18). The van der Waals surface area contributed by atoms with Crippen LogP contribution in [-0.2, 0) is 9.53 Å². The lowest BCUT2D eigenvalue weighted by Crippen LogP contribution is -2.27. The minimum absolute atomic E-state index is 0.0343. The predicted molar refractivity (Wildman–Crippen MR) is 78.0 cm³/mol. The highest BCUT2D eigenvalue weighted by atomic mass is 16.5. The lowest BCUT2D eigenvalue weighted by atomic mass is 10.3. The molecule has 2 N–H and O–H groups in total. The first-order valence-electron chi connectivity index (χ1n) is 6.73. The summed E-state index contributed by atoms with van der Waals surface area (Å²) in [5.74, 6) is 0.481. The first kappa shape index (κ1) is 16.4. The normalized spacial score (nSPS) is 10.6. The predicted octanol–water partition coefficient (Wildman–Crippen LogP) is 1.43. The Morgan fingerprint density at radius 3 is 2.75 bits per heavy atom. The molecular weight excluding hydrogens is 258 g/mol. The van der Waals surface area contributed by atoms with E-state index in [-0.39, 0.29) is 5.91 Å². The number of hydrogen-bond donors (Lipinski definition) is 2. The van der Waals surface area contributed by atoms with E-state index in [0.29, 0.717) is 43.8 Å². The maximum Gasteiger partial charge on any atom is 0.225 e. The van der Waals surface area contributed by atoms with E-state index in [9.17, 15) is 4.79 Å². The largest absolute Gasteiger partial charge is 0.475 e. The molecular formula is C14H23N3O3. The van der Waals surface area contributed by atoms with Gasteiger partial charge in [-0.3, -0.25) is 4.79 Å². The molecule has 0 saturated heterocycles. The van der Waals surface area contributed by atoms with Gasteiger partial charge in [0.15, 0.2) is 0 Å². The van der Waals surface area contributed by atoms with Crippen LogP contribution in [0.15, 0.2) is 18.3 Å². The van der Waals surface area contributed by atoms with Crippen molar-refractivity contribution in [2.24, 2.45) is 0 Å². The summed E-state index contributed by atoms with van der Waals surface area (Å²) >= 11 is 0. The molecule has 0 aliphatic carbocycles. The van der Waals surface area contributed by atoms with Crippen LogP contribution in [0, 0.1) is 0 Å². The molecule has 1 aromatic rings. The summed E-state index contributed by atoms with van der Waals surface area (Å²) < 4.78 is 10.2. The van der Waals surface area contributed by atoms with Crippen LogP contribution < -0.4 is 15.4 Å². The molecule has 6 heteroatoms. The Bertz CT molecular complexity index is 393. The molecule has 0 spiro atoms. The van der Waals surface area contributed by atoms with Crippen LogP contribution in [0.2, 0.25) is 0 Å². The topological polar surface area (TPSA) is 72.5 Å². The van der Waals surface area contributed by atoms with Gasteiger partial charge in [0, 0.05) is 32.2 Å². The van der Waals surface area contributed by atoms with Crippen molar-refractivity contribution in [1.82, 2.24) is 10.3 Å². The smallest absolute Gasteiger partial charge is 0.225 e. The summed E-state index contributed by atoms with van der Waals surface area (Å²) in [5, 5.41) is 5.98. The minimum atomic E-state index is -0.0343. The van der Waals surface area contributed by atoms with Gasteiger partial charge in [0.1, 0.15) is 6.61 Å². The second-order valence-corrected chi connectivity index (χ2v) is 4.63. The van der Waals surface area contributed by atoms with Crippen molar-refractivity contribution in [3.05, 3.63) is 18.3 Å². The minimum Gasteiger partial charge on any atom is -0.475 e. The zero-order valence-corrected chi connectivity index (χ0v) is 12.3. The SMILES string of the molecule is COCCOc1ccc(NC(=O)CCNC(C)C)cn1. The first-order valence-corrected chi connectivity index (χ1v) is 6.73. The Morgan fingerprint density at radius 1 is 1.35 bits per heavy atom. The van der Waals surface area contributed by atoms with Crippen LogP contribution in [0.1, 0.15) is 20.3 Å². The van der Waals surface area contributed by atoms with Gasteiger partial charge in [-0.05, 0) is 6.07 Å². The molecule has 1 rings (SSSR count). The summed E-state index contributed by atoms with van der Waals surface area (Å²) in [4.78, 5) is 15.8. The number of ether oxygens (including phenoxy) is 2. The molecule has 0 bridgehead atoms. The number of rotatable bonds is 9. The number of nitrogens with one attached hydrogen (secondary N) is 2. The maximum absolute atomic E-state index is 11.7. The number of aromatic nitrogens is 1. The average Bonchev–Trinajstić information content (AvgIpc) is 2.40. The lowest BCUT2D eigenvalue weighted by Gasteiger charge is -2.09. The quantitative estimate of drug-likeness (QED) is 0.670. The summed E-state index contributed by atoms with van der Waals surface area (Å²) in [5.41, 5.74) is 0.665. The van der Waals surface area contributed by atoms with Crippen molar-refractivity contribution >= 4 is 11.6 Å². The van der Waals surface area contributed by atoms with Gasteiger partial charge in [0.2, 0.25) is 11.8 Å². The fourth-order valence-corrected chi connectivity index (χ4v) is 1.47. The van der Waals surface area contributed by atoms with E-state index in [0.717, 1.165) is 0 Å². The van der Waals surface area contributed by atoms with Gasteiger partial charge in [-0.1, -0.05) is 13.8 Å². The van der Waals surface area contributed by atoms with Gasteiger partial charge in [0.25, 0.3) is 0 Å². The van der Waals surface area contributed by atoms with Crippen LogP contribution in [0.3, 0.4) is 0 Å². The van der Waals surface area contributed by atoms with Crippen LogP contribution in [0.5, 0.6) is 5.88 Å². The number of methoxy groups -OCH3 is 1. The molecule has 112 valence electrons. The highest BCUT2D eigenvalue weighted by Gasteiger charge is 2.03. The van der Waals surface area contributed by atoms with E-state index in [1.54, 1.807) is 25.4 Å². The number of nitrogens with zero attached hydrogens (tertiary/aromatic N) is 1. The van der Waals surface area contributed by atoms with Gasteiger partial charge in [-0.2, -0.15) is 0 Å². The Morgan fingerprint density at radius 2 is 2.15 bits per heavy atom. The monoisotopic (exact) mass is 281 g/mol. The second-order valence-electron chi connectivity index (χ2n) is 4.63. The second kappa shape index (κ2) is 9.28. The average molecular weight is 281 g/mol. The van der Waals surface area contributed by atoms with Crippen molar-refractivity contribution in [2.45, 2.75) is 26.3 Å². The van der Waals surface area contributed by atoms with E-state index in [1.165, 1.54) is 0 Å². The summed E-state index contributed by atoms with van der Waals surface area (Å²) in [6.45, 7) is 5.72. The highest BCUT2D eigenvalue weighted by molar-refractivity contribution is 5.90. The molecule has 20 heavy (non-hydrogen) atoms. The van der Waals surface area contributed by atoms with E-state index in [4.69, 9.17) is 9.47 Å². The van der Waals surface area contributed by atoms with E-state index >= 15 is 0 Å². The van der Waals surface area contributed by atoms with Gasteiger partial charge >= 0.3 is 0 Å². The number of amides is 1. The van der Waals surface area contributed by atoms with E-state index in [1.807, 2.05) is 13.8 Å². The Kier molecular flexibility index (Phi) is 7.60. The third-order valence-corrected chi connectivity index (χ3v) is 2.46. The maximum atomic E-state index is 11.7. The van der Waals surface area contributed by atoms with Crippen LogP contribution in [0.25, 0.3) is 0 Å². The molecule has 0 unspecified atom stereocenters. The third kappa shape index (κ3) is 7.06. The molecule has 0 aliphatic rings. The molecule has 1 aromatic heterocycles. The van der Waals surface area contributed by atoms with Gasteiger partial charge < -0.3 is 20.1 Å². The van der Waals surface area contributed by atoms with E-state index in [2.05, 4.69) is 15.6 Å². The Labute approximate surface area is 119 Å². The molecule has 1 heterocycles. The molecule has 0 radical (unpaired) electrons. The Balaban J connectivity index is 2.31. The molecule has 0 aliphatic heterocycles. The molecule has 0 saturated carbocycles. The summed E-state index contributed by atoms with van der Waals surface area (Å²) in [6, 6.07) is 3.87. The van der Waals surface area contributed by atoms with E-state index < -0.39 is 0 Å². The van der Waals surface area contributed by atoms with Gasteiger partial charge in [0.05, 0.1) is 18.5 Å². The Hall–Kier alpha value is -1.66. The number of carbonyl (C=O) groups is 1. The third-order valence-electron chi connectivity index (χ3n) is 2.46. The molecule has 6 nitrogen and oxygen atoms in total. The number of hydrogen-bond acceptors (Lipinski definition) is 5. The lowest BCUT2D eigenvalue weighted by molar-refractivity contribution is -0.116. The summed E-state index contributed by atoms with van der Waals surface area (Å²) in [7, 11) is 1.61. The van der Waals surface area contributed by atoms with Gasteiger partial charge in [-0.15, -0.1) is 0 Å². The molecule has 0 atom stereocenters. The van der Waals surface area contributed by atoms with Gasteiger partial charge in [-0.25, -0.2) is 4.98 Å². The number of pyridine rings is 1. The fourth-order valence-electron chi connectivity index (χ4n) is 1.47. The number of carbonyl (C=O) groups excluding carboxylic acids is 1. The van der Waals surface area contributed by atoms with Crippen LogP contribution in [-0.4, -0.2) is 43.8 Å². The molecule has 0 fully saturated rings. The van der Waals surface area contributed by atoms with Crippen molar-refractivity contribution in [3.63, 3.8) is 0 Å². The zero-order chi connectivity index (χ0) is 14.8. The van der Waals surface area contributed by atoms with Crippen LogP contribution >= 0.6 is 0 Å². The van der Waals surface area contributed by atoms with Crippen LogP contribution in [0.4, 0.5) is 5.69 Å². The van der Waals surface area contributed by atoms with Crippen molar-refractivity contribution in [1.29, 1.82) is 0 Å². The van der Waals surface area contributed by atoms with Crippen molar-refractivity contribution < 1.29 is 14.3 Å². The van der Waals surface area contributed by atoms with Crippen molar-refractivity contribution in [2.75, 3.05) is 32.2 Å². The fraction of sp³-hybridized carbons (Fsp3) is 0.571. The highest BCUT2D eigenvalue weighted by Crippen LogP contribution is 2.11. The molecule has 1 amide bonds. The molecule has 0 aromatic carbocycles.